The van der Waals surface area contributed by atoms with Gasteiger partial charge in [-0.05, 0) is 32.6 Å². The minimum Gasteiger partial charge on any atom is -0.357 e. The Morgan fingerprint density at radius 3 is 2.43 bits per heavy atom. The lowest BCUT2D eigenvalue weighted by atomic mass is 10.2. The van der Waals surface area contributed by atoms with Crippen molar-refractivity contribution in [1.82, 2.24) is 15.0 Å². The van der Waals surface area contributed by atoms with Crippen molar-refractivity contribution < 1.29 is 0 Å². The van der Waals surface area contributed by atoms with Gasteiger partial charge in [-0.25, -0.2) is 0 Å². The van der Waals surface area contributed by atoms with E-state index in [-0.39, 0.29) is 0 Å². The Labute approximate surface area is 127 Å². The Kier molecular flexibility index (Phi) is 4.41. The van der Waals surface area contributed by atoms with Crippen LogP contribution in [0.4, 0.5) is 17.8 Å². The van der Waals surface area contributed by atoms with Crippen molar-refractivity contribution in [3.63, 3.8) is 0 Å². The fourth-order valence-corrected chi connectivity index (χ4v) is 3.43. The number of hydrogen-bond acceptors (Lipinski definition) is 6. The molecular weight excluding hydrogens is 264 g/mol. The highest BCUT2D eigenvalue weighted by Gasteiger charge is 2.25. The average molecular weight is 290 g/mol. The Bertz CT molecular complexity index is 465. The van der Waals surface area contributed by atoms with Gasteiger partial charge in [-0.2, -0.15) is 15.0 Å². The molecule has 116 valence electrons. The summed E-state index contributed by atoms with van der Waals surface area (Å²) in [6.07, 6.45) is 7.63. The molecular formula is C15H26N6. The summed E-state index contributed by atoms with van der Waals surface area (Å²) in [6.45, 7) is 5.26. The molecule has 0 unspecified atom stereocenters. The van der Waals surface area contributed by atoms with Crippen LogP contribution in [0.5, 0.6) is 0 Å². The molecule has 6 nitrogen and oxygen atoms in total. The highest BCUT2D eigenvalue weighted by atomic mass is 15.4. The summed E-state index contributed by atoms with van der Waals surface area (Å²) < 4.78 is 0. The molecule has 1 saturated carbocycles. The first kappa shape index (κ1) is 14.4. The fraction of sp³-hybridized carbons (Fsp3) is 0.800. The van der Waals surface area contributed by atoms with Gasteiger partial charge in [0.1, 0.15) is 0 Å². The van der Waals surface area contributed by atoms with Gasteiger partial charge < -0.3 is 15.1 Å². The third-order valence-corrected chi connectivity index (χ3v) is 4.59. The van der Waals surface area contributed by atoms with Gasteiger partial charge in [-0.1, -0.05) is 12.8 Å². The molecule has 0 amide bonds. The van der Waals surface area contributed by atoms with Crippen LogP contribution in [-0.2, 0) is 0 Å². The lowest BCUT2D eigenvalue weighted by molar-refractivity contribution is 0.603. The first-order valence-electron chi connectivity index (χ1n) is 8.27. The molecule has 3 rings (SSSR count). The molecule has 1 saturated heterocycles. The second-order valence-electron chi connectivity index (χ2n) is 5.93. The van der Waals surface area contributed by atoms with Crippen LogP contribution < -0.4 is 15.1 Å². The SMILES string of the molecule is CCN(c1nc(NC)nc(N2CCCC2)n1)C1CCCC1. The zero-order chi connectivity index (χ0) is 14.7. The van der Waals surface area contributed by atoms with Crippen LogP contribution in [0.1, 0.15) is 45.4 Å². The van der Waals surface area contributed by atoms with Crippen molar-refractivity contribution in [2.24, 2.45) is 0 Å². The number of aromatic nitrogens is 3. The van der Waals surface area contributed by atoms with Crippen molar-refractivity contribution >= 4 is 17.8 Å². The third-order valence-electron chi connectivity index (χ3n) is 4.59. The van der Waals surface area contributed by atoms with Crippen LogP contribution >= 0.6 is 0 Å². The molecule has 0 aromatic carbocycles. The molecule has 2 fully saturated rings. The monoisotopic (exact) mass is 290 g/mol. The van der Waals surface area contributed by atoms with Crippen molar-refractivity contribution in [2.75, 3.05) is 41.8 Å². The van der Waals surface area contributed by atoms with Gasteiger partial charge in [0.2, 0.25) is 17.8 Å². The molecule has 0 spiro atoms. The Hall–Kier alpha value is -1.59. The van der Waals surface area contributed by atoms with E-state index in [1.54, 1.807) is 0 Å². The number of rotatable bonds is 5. The number of anilines is 3. The highest BCUT2D eigenvalue weighted by Crippen LogP contribution is 2.28. The lowest BCUT2D eigenvalue weighted by Gasteiger charge is -2.28. The standard InChI is InChI=1S/C15H26N6/c1-3-21(12-8-4-5-9-12)15-18-13(16-2)17-14(19-15)20-10-6-7-11-20/h12H,3-11H2,1-2H3,(H,16,17,18,19). The van der Waals surface area contributed by atoms with E-state index >= 15 is 0 Å². The second-order valence-corrected chi connectivity index (χ2v) is 5.93. The molecule has 1 aliphatic heterocycles. The molecule has 2 aliphatic rings. The third kappa shape index (κ3) is 3.04. The molecule has 1 aromatic rings. The van der Waals surface area contributed by atoms with Crippen LogP contribution in [0.15, 0.2) is 0 Å². The second kappa shape index (κ2) is 6.45. The zero-order valence-corrected chi connectivity index (χ0v) is 13.2. The van der Waals surface area contributed by atoms with Crippen LogP contribution in [-0.4, -0.2) is 47.7 Å². The van der Waals surface area contributed by atoms with Gasteiger partial charge in [0, 0.05) is 32.7 Å². The molecule has 1 aromatic heterocycles. The summed E-state index contributed by atoms with van der Waals surface area (Å²) >= 11 is 0. The summed E-state index contributed by atoms with van der Waals surface area (Å²) in [7, 11) is 1.87. The van der Waals surface area contributed by atoms with Crippen LogP contribution in [0.3, 0.4) is 0 Å². The van der Waals surface area contributed by atoms with E-state index in [4.69, 9.17) is 4.98 Å². The summed E-state index contributed by atoms with van der Waals surface area (Å²) in [5, 5.41) is 3.09. The quantitative estimate of drug-likeness (QED) is 0.898. The van der Waals surface area contributed by atoms with Crippen molar-refractivity contribution in [3.05, 3.63) is 0 Å². The van der Waals surface area contributed by atoms with E-state index in [2.05, 4.69) is 32.0 Å². The van der Waals surface area contributed by atoms with Crippen molar-refractivity contribution in [3.8, 4) is 0 Å². The van der Waals surface area contributed by atoms with Gasteiger partial charge in [-0.3, -0.25) is 0 Å². The van der Waals surface area contributed by atoms with E-state index in [1.165, 1.54) is 38.5 Å². The predicted octanol–water partition coefficient (Wildman–Crippen LogP) is 2.28. The van der Waals surface area contributed by atoms with E-state index < -0.39 is 0 Å². The van der Waals surface area contributed by atoms with E-state index in [0.29, 0.717) is 12.0 Å². The smallest absolute Gasteiger partial charge is 0.232 e. The summed E-state index contributed by atoms with van der Waals surface area (Å²) in [5.41, 5.74) is 0. The molecule has 1 N–H and O–H groups in total. The largest absolute Gasteiger partial charge is 0.357 e. The van der Waals surface area contributed by atoms with Gasteiger partial charge in [0.25, 0.3) is 0 Å². The average Bonchev–Trinajstić information content (AvgIpc) is 3.21. The maximum Gasteiger partial charge on any atom is 0.232 e. The molecule has 1 aliphatic carbocycles. The molecule has 0 radical (unpaired) electrons. The van der Waals surface area contributed by atoms with Crippen LogP contribution in [0.25, 0.3) is 0 Å². The van der Waals surface area contributed by atoms with E-state index in [0.717, 1.165) is 31.5 Å². The Balaban J connectivity index is 1.89. The lowest BCUT2D eigenvalue weighted by Crippen LogP contribution is -2.35. The molecule has 6 heteroatoms. The molecule has 0 bridgehead atoms. The summed E-state index contributed by atoms with van der Waals surface area (Å²) in [5.74, 6) is 2.35. The topological polar surface area (TPSA) is 57.2 Å². The maximum atomic E-state index is 4.77. The number of nitrogens with zero attached hydrogens (tertiary/aromatic N) is 5. The minimum absolute atomic E-state index is 0.591. The predicted molar refractivity (Wildman–Crippen MR) is 86.1 cm³/mol. The first-order chi connectivity index (χ1) is 10.3. The van der Waals surface area contributed by atoms with Crippen LogP contribution in [0.2, 0.25) is 0 Å². The summed E-state index contributed by atoms with van der Waals surface area (Å²) in [4.78, 5) is 18.5. The fourth-order valence-electron chi connectivity index (χ4n) is 3.43. The normalized spacial score (nSPS) is 19.2. The van der Waals surface area contributed by atoms with E-state index in [1.807, 2.05) is 7.05 Å². The number of hydrogen-bond donors (Lipinski definition) is 1. The number of nitrogens with one attached hydrogen (secondary N) is 1. The Morgan fingerprint density at radius 1 is 1.10 bits per heavy atom. The maximum absolute atomic E-state index is 4.77. The molecule has 21 heavy (non-hydrogen) atoms. The highest BCUT2D eigenvalue weighted by molar-refractivity contribution is 5.46. The molecule has 2 heterocycles. The van der Waals surface area contributed by atoms with Crippen molar-refractivity contribution in [2.45, 2.75) is 51.5 Å². The van der Waals surface area contributed by atoms with Gasteiger partial charge in [0.05, 0.1) is 0 Å². The minimum atomic E-state index is 0.591. The van der Waals surface area contributed by atoms with Crippen molar-refractivity contribution in [1.29, 1.82) is 0 Å². The van der Waals surface area contributed by atoms with Gasteiger partial charge in [0.15, 0.2) is 0 Å². The van der Waals surface area contributed by atoms with Gasteiger partial charge in [-0.15, -0.1) is 0 Å². The zero-order valence-electron chi connectivity index (χ0n) is 13.2. The van der Waals surface area contributed by atoms with Crippen LogP contribution in [0, 0.1) is 0 Å². The van der Waals surface area contributed by atoms with E-state index in [9.17, 15) is 0 Å². The van der Waals surface area contributed by atoms with Gasteiger partial charge >= 0.3 is 0 Å². The molecule has 0 atom stereocenters. The first-order valence-corrected chi connectivity index (χ1v) is 8.27. The Morgan fingerprint density at radius 2 is 1.81 bits per heavy atom. The summed E-state index contributed by atoms with van der Waals surface area (Å²) in [6, 6.07) is 0.591.